The maximum atomic E-state index is 11.5. The molecule has 0 fully saturated rings. The van der Waals surface area contributed by atoms with E-state index < -0.39 is 15.6 Å². The molecule has 0 saturated carbocycles. The molecular weight excluding hydrogens is 226 g/mol. The van der Waals surface area contributed by atoms with E-state index in [2.05, 4.69) is 4.72 Å². The average Bonchev–Trinajstić information content (AvgIpc) is 2.13. The van der Waals surface area contributed by atoms with Gasteiger partial charge in [-0.3, -0.25) is 0 Å². The van der Waals surface area contributed by atoms with Crippen LogP contribution in [0.15, 0.2) is 30.3 Å². The van der Waals surface area contributed by atoms with Crippen LogP contribution in [0.5, 0.6) is 0 Å². The first-order chi connectivity index (χ1) is 7.29. The van der Waals surface area contributed by atoms with Gasteiger partial charge in [-0.05, 0) is 19.4 Å². The van der Waals surface area contributed by atoms with Crippen LogP contribution < -0.4 is 4.72 Å². The quantitative estimate of drug-likeness (QED) is 0.806. The van der Waals surface area contributed by atoms with E-state index >= 15 is 0 Å². The van der Waals surface area contributed by atoms with Crippen molar-refractivity contribution >= 4 is 10.0 Å². The Kier molecular flexibility index (Phi) is 4.07. The summed E-state index contributed by atoms with van der Waals surface area (Å²) in [4.78, 5) is 0. The van der Waals surface area contributed by atoms with Gasteiger partial charge in [0, 0.05) is 6.54 Å². The Morgan fingerprint density at radius 2 is 1.81 bits per heavy atom. The molecule has 0 amide bonds. The molecule has 16 heavy (non-hydrogen) atoms. The molecule has 0 aliphatic rings. The van der Waals surface area contributed by atoms with Gasteiger partial charge >= 0.3 is 0 Å². The Balaban J connectivity index is 2.56. The number of nitrogens with one attached hydrogen (secondary N) is 1. The fraction of sp³-hybridized carbons (Fsp3) is 0.455. The Labute approximate surface area is 96.4 Å². The third-order valence-electron chi connectivity index (χ3n) is 1.88. The highest BCUT2D eigenvalue weighted by Crippen LogP contribution is 2.05. The normalized spacial score (nSPS) is 12.7. The molecule has 2 N–H and O–H groups in total. The summed E-state index contributed by atoms with van der Waals surface area (Å²) < 4.78 is 25.5. The minimum Gasteiger partial charge on any atom is -0.389 e. The maximum absolute atomic E-state index is 11.5. The van der Waals surface area contributed by atoms with Crippen molar-refractivity contribution in [3.05, 3.63) is 35.9 Å². The van der Waals surface area contributed by atoms with Crippen molar-refractivity contribution in [1.29, 1.82) is 0 Å². The third kappa shape index (κ3) is 5.25. The second-order valence-electron chi connectivity index (χ2n) is 4.38. The largest absolute Gasteiger partial charge is 0.389 e. The maximum Gasteiger partial charge on any atom is 0.214 e. The molecule has 0 radical (unpaired) electrons. The number of hydrogen-bond acceptors (Lipinski definition) is 3. The number of aliphatic hydroxyl groups is 1. The molecule has 0 spiro atoms. The molecule has 0 saturated heterocycles. The van der Waals surface area contributed by atoms with Crippen LogP contribution in [0.1, 0.15) is 19.4 Å². The van der Waals surface area contributed by atoms with Crippen LogP contribution >= 0.6 is 0 Å². The van der Waals surface area contributed by atoms with Crippen molar-refractivity contribution in [3.63, 3.8) is 0 Å². The van der Waals surface area contributed by atoms with Crippen molar-refractivity contribution in [2.24, 2.45) is 0 Å². The molecule has 0 aliphatic carbocycles. The fourth-order valence-corrected chi connectivity index (χ4v) is 2.72. The van der Waals surface area contributed by atoms with E-state index in [1.165, 1.54) is 13.8 Å². The summed E-state index contributed by atoms with van der Waals surface area (Å²) >= 11 is 0. The van der Waals surface area contributed by atoms with Crippen molar-refractivity contribution in [3.8, 4) is 0 Å². The lowest BCUT2D eigenvalue weighted by Crippen LogP contribution is -2.37. The molecule has 0 unspecified atom stereocenters. The van der Waals surface area contributed by atoms with E-state index in [1.807, 2.05) is 30.3 Å². The van der Waals surface area contributed by atoms with Gasteiger partial charge in [-0.25, -0.2) is 13.1 Å². The van der Waals surface area contributed by atoms with Gasteiger partial charge < -0.3 is 5.11 Å². The standard InChI is InChI=1S/C11H17NO3S/c1-11(2,13)9-16(14,15)12-8-10-6-4-3-5-7-10/h3-7,12-13H,8-9H2,1-2H3. The molecule has 0 bridgehead atoms. The van der Waals surface area contributed by atoms with Crippen LogP contribution in [0.2, 0.25) is 0 Å². The third-order valence-corrected chi connectivity index (χ3v) is 3.55. The Morgan fingerprint density at radius 1 is 1.25 bits per heavy atom. The van der Waals surface area contributed by atoms with Gasteiger partial charge in [-0.1, -0.05) is 30.3 Å². The van der Waals surface area contributed by atoms with E-state index in [-0.39, 0.29) is 12.3 Å². The van der Waals surface area contributed by atoms with Crippen molar-refractivity contribution in [2.45, 2.75) is 26.0 Å². The fourth-order valence-electron chi connectivity index (χ4n) is 1.31. The summed E-state index contributed by atoms with van der Waals surface area (Å²) in [6.45, 7) is 3.18. The lowest BCUT2D eigenvalue weighted by molar-refractivity contribution is 0.104. The van der Waals surface area contributed by atoms with Gasteiger partial charge in [-0.2, -0.15) is 0 Å². The van der Waals surface area contributed by atoms with E-state index in [4.69, 9.17) is 0 Å². The summed E-state index contributed by atoms with van der Waals surface area (Å²) in [5, 5.41) is 9.43. The number of hydrogen-bond donors (Lipinski definition) is 2. The van der Waals surface area contributed by atoms with Crippen LogP contribution in [0, 0.1) is 0 Å². The monoisotopic (exact) mass is 243 g/mol. The summed E-state index contributed by atoms with van der Waals surface area (Å²) in [7, 11) is -3.44. The van der Waals surface area contributed by atoms with Gasteiger partial charge in [0.2, 0.25) is 10.0 Å². The van der Waals surface area contributed by atoms with Crippen molar-refractivity contribution in [1.82, 2.24) is 4.72 Å². The second-order valence-corrected chi connectivity index (χ2v) is 6.19. The Morgan fingerprint density at radius 3 is 2.31 bits per heavy atom. The number of benzene rings is 1. The topological polar surface area (TPSA) is 66.4 Å². The van der Waals surface area contributed by atoms with E-state index in [0.717, 1.165) is 5.56 Å². The van der Waals surface area contributed by atoms with Gasteiger partial charge in [0.25, 0.3) is 0 Å². The molecule has 1 aromatic rings. The molecule has 1 rings (SSSR count). The predicted molar refractivity (Wildman–Crippen MR) is 63.4 cm³/mol. The lowest BCUT2D eigenvalue weighted by atomic mass is 10.2. The van der Waals surface area contributed by atoms with Crippen LogP contribution in [0.4, 0.5) is 0 Å². The zero-order valence-electron chi connectivity index (χ0n) is 9.47. The molecule has 5 heteroatoms. The van der Waals surface area contributed by atoms with Crippen molar-refractivity contribution < 1.29 is 13.5 Å². The molecule has 0 aliphatic heterocycles. The minimum absolute atomic E-state index is 0.249. The molecule has 1 aromatic carbocycles. The van der Waals surface area contributed by atoms with E-state index in [1.54, 1.807) is 0 Å². The summed E-state index contributed by atoms with van der Waals surface area (Å²) in [5.74, 6) is -0.299. The van der Waals surface area contributed by atoms with E-state index in [0.29, 0.717) is 0 Å². The summed E-state index contributed by atoms with van der Waals surface area (Å²) in [5.41, 5.74) is -0.329. The number of sulfonamides is 1. The first-order valence-corrected chi connectivity index (χ1v) is 6.67. The van der Waals surface area contributed by atoms with Gasteiger partial charge in [-0.15, -0.1) is 0 Å². The highest BCUT2D eigenvalue weighted by Gasteiger charge is 2.22. The molecular formula is C11H17NO3S. The Hall–Kier alpha value is -0.910. The van der Waals surface area contributed by atoms with Crippen molar-refractivity contribution in [2.75, 3.05) is 5.75 Å². The molecule has 0 atom stereocenters. The number of rotatable bonds is 5. The zero-order valence-corrected chi connectivity index (χ0v) is 10.3. The van der Waals surface area contributed by atoms with E-state index in [9.17, 15) is 13.5 Å². The Bertz CT molecular complexity index is 420. The highest BCUT2D eigenvalue weighted by molar-refractivity contribution is 7.89. The average molecular weight is 243 g/mol. The minimum atomic E-state index is -3.44. The first kappa shape index (κ1) is 13.2. The molecule has 0 aromatic heterocycles. The van der Waals surface area contributed by atoms with Gasteiger partial charge in [0.1, 0.15) is 0 Å². The first-order valence-electron chi connectivity index (χ1n) is 5.02. The molecule has 90 valence electrons. The van der Waals surface area contributed by atoms with Crippen LogP contribution in [0.25, 0.3) is 0 Å². The van der Waals surface area contributed by atoms with Crippen LogP contribution in [0.3, 0.4) is 0 Å². The second kappa shape index (κ2) is 4.95. The summed E-state index contributed by atoms with van der Waals surface area (Å²) in [6.07, 6.45) is 0. The smallest absolute Gasteiger partial charge is 0.214 e. The van der Waals surface area contributed by atoms with Gasteiger partial charge in [0.15, 0.2) is 0 Å². The SMILES string of the molecule is CC(C)(O)CS(=O)(=O)NCc1ccccc1. The highest BCUT2D eigenvalue weighted by atomic mass is 32.2. The predicted octanol–water partition coefficient (Wildman–Crippen LogP) is 0.877. The van der Waals surface area contributed by atoms with Crippen LogP contribution in [-0.4, -0.2) is 24.9 Å². The summed E-state index contributed by atoms with van der Waals surface area (Å²) in [6, 6.07) is 9.24. The zero-order chi connectivity index (χ0) is 12.2. The molecule has 0 heterocycles. The van der Waals surface area contributed by atoms with Gasteiger partial charge in [0.05, 0.1) is 11.4 Å². The molecule has 4 nitrogen and oxygen atoms in total. The van der Waals surface area contributed by atoms with Crippen LogP contribution in [-0.2, 0) is 16.6 Å². The lowest BCUT2D eigenvalue weighted by Gasteiger charge is -2.17.